The minimum atomic E-state index is -0.0759. The molecule has 3 nitrogen and oxygen atoms in total. The van der Waals surface area contributed by atoms with Gasteiger partial charge in [-0.3, -0.25) is 4.79 Å². The van der Waals surface area contributed by atoms with Crippen molar-refractivity contribution < 1.29 is 4.79 Å². The van der Waals surface area contributed by atoms with Crippen LogP contribution in [0.25, 0.3) is 0 Å². The number of rotatable bonds is 3. The highest BCUT2D eigenvalue weighted by Crippen LogP contribution is 2.19. The first kappa shape index (κ1) is 11.6. The summed E-state index contributed by atoms with van der Waals surface area (Å²) in [6, 6.07) is 3.96. The summed E-state index contributed by atoms with van der Waals surface area (Å²) in [6.45, 7) is 6.06. The van der Waals surface area contributed by atoms with Crippen LogP contribution < -0.4 is 10.6 Å². The Labute approximate surface area is 100 Å². The van der Waals surface area contributed by atoms with E-state index in [1.165, 1.54) is 4.88 Å². The second-order valence-electron chi connectivity index (χ2n) is 4.56. The lowest BCUT2D eigenvalue weighted by Crippen LogP contribution is -2.47. The molecule has 0 spiro atoms. The smallest absolute Gasteiger partial charge is 0.261 e. The monoisotopic (exact) mass is 238 g/mol. The topological polar surface area (TPSA) is 41.1 Å². The fourth-order valence-electron chi connectivity index (χ4n) is 1.95. The van der Waals surface area contributed by atoms with Crippen LogP contribution in [-0.2, 0) is 6.42 Å². The van der Waals surface area contributed by atoms with E-state index < -0.39 is 0 Å². The van der Waals surface area contributed by atoms with Gasteiger partial charge in [0.1, 0.15) is 0 Å². The van der Waals surface area contributed by atoms with Crippen molar-refractivity contribution in [2.75, 3.05) is 13.1 Å². The predicted octanol–water partition coefficient (Wildman–Crippen LogP) is 1.79. The van der Waals surface area contributed by atoms with Gasteiger partial charge in [-0.15, -0.1) is 11.3 Å². The largest absolute Gasteiger partial charge is 0.345 e. The summed E-state index contributed by atoms with van der Waals surface area (Å²) in [4.78, 5) is 14.1. The minimum Gasteiger partial charge on any atom is -0.345 e. The first-order chi connectivity index (χ1) is 7.63. The molecule has 0 radical (unpaired) electrons. The fourth-order valence-corrected chi connectivity index (χ4v) is 2.79. The maximum Gasteiger partial charge on any atom is 0.261 e. The van der Waals surface area contributed by atoms with Crippen molar-refractivity contribution in [3.05, 3.63) is 21.9 Å². The van der Waals surface area contributed by atoms with E-state index in [0.717, 1.165) is 30.8 Å². The molecule has 1 aliphatic rings. The summed E-state index contributed by atoms with van der Waals surface area (Å²) in [5.41, 5.74) is -0.0759. The summed E-state index contributed by atoms with van der Waals surface area (Å²) in [7, 11) is 0. The third-order valence-electron chi connectivity index (χ3n) is 3.02. The summed E-state index contributed by atoms with van der Waals surface area (Å²) < 4.78 is 0. The molecule has 4 heteroatoms. The number of hydrogen-bond donors (Lipinski definition) is 2. The van der Waals surface area contributed by atoms with Crippen molar-refractivity contribution in [2.45, 2.75) is 32.2 Å². The van der Waals surface area contributed by atoms with E-state index in [4.69, 9.17) is 0 Å². The molecule has 1 aliphatic heterocycles. The number of hydrogen-bond acceptors (Lipinski definition) is 3. The number of amides is 1. The van der Waals surface area contributed by atoms with Crippen LogP contribution in [0.5, 0.6) is 0 Å². The van der Waals surface area contributed by atoms with E-state index >= 15 is 0 Å². The minimum absolute atomic E-state index is 0.0656. The number of nitrogens with one attached hydrogen (secondary N) is 2. The zero-order valence-corrected chi connectivity index (χ0v) is 10.6. The SMILES string of the molecule is CCc1ccc(C(=O)NC2(C)CCNC2)s1. The van der Waals surface area contributed by atoms with Crippen molar-refractivity contribution in [3.8, 4) is 0 Å². The molecule has 2 heterocycles. The normalized spacial score (nSPS) is 24.6. The molecule has 0 aliphatic carbocycles. The molecule has 1 atom stereocenters. The molecule has 0 saturated carbocycles. The van der Waals surface area contributed by atoms with Gasteiger partial charge in [0, 0.05) is 11.4 Å². The van der Waals surface area contributed by atoms with Crippen molar-refractivity contribution in [2.24, 2.45) is 0 Å². The highest BCUT2D eigenvalue weighted by atomic mass is 32.1. The van der Waals surface area contributed by atoms with Crippen LogP contribution in [-0.4, -0.2) is 24.5 Å². The van der Waals surface area contributed by atoms with Crippen LogP contribution in [0.15, 0.2) is 12.1 Å². The van der Waals surface area contributed by atoms with E-state index in [-0.39, 0.29) is 11.4 Å². The third kappa shape index (κ3) is 2.44. The second kappa shape index (κ2) is 4.55. The first-order valence-electron chi connectivity index (χ1n) is 5.75. The van der Waals surface area contributed by atoms with E-state index in [1.54, 1.807) is 11.3 Å². The summed E-state index contributed by atoms with van der Waals surface area (Å²) in [5, 5.41) is 6.39. The predicted molar refractivity (Wildman–Crippen MR) is 67.1 cm³/mol. The van der Waals surface area contributed by atoms with Gasteiger partial charge >= 0.3 is 0 Å². The van der Waals surface area contributed by atoms with Crippen LogP contribution in [0.4, 0.5) is 0 Å². The molecule has 2 N–H and O–H groups in total. The molecule has 0 bridgehead atoms. The van der Waals surface area contributed by atoms with Gasteiger partial charge in [-0.05, 0) is 38.4 Å². The Balaban J connectivity index is 2.02. The van der Waals surface area contributed by atoms with Crippen LogP contribution in [0, 0.1) is 0 Å². The molecule has 1 amide bonds. The zero-order valence-electron chi connectivity index (χ0n) is 9.80. The lowest BCUT2D eigenvalue weighted by molar-refractivity contribution is 0.0917. The summed E-state index contributed by atoms with van der Waals surface area (Å²) in [5.74, 6) is 0.0656. The van der Waals surface area contributed by atoms with Gasteiger partial charge < -0.3 is 10.6 Å². The Morgan fingerprint density at radius 1 is 1.62 bits per heavy atom. The van der Waals surface area contributed by atoms with Crippen LogP contribution >= 0.6 is 11.3 Å². The van der Waals surface area contributed by atoms with Gasteiger partial charge in [0.2, 0.25) is 0 Å². The highest BCUT2D eigenvalue weighted by molar-refractivity contribution is 7.14. The van der Waals surface area contributed by atoms with Gasteiger partial charge in [0.25, 0.3) is 5.91 Å². The molecular weight excluding hydrogens is 220 g/mol. The van der Waals surface area contributed by atoms with Crippen LogP contribution in [0.3, 0.4) is 0 Å². The summed E-state index contributed by atoms with van der Waals surface area (Å²) in [6.07, 6.45) is 2.00. The molecule has 1 unspecified atom stereocenters. The van der Waals surface area contributed by atoms with Crippen molar-refractivity contribution in [1.82, 2.24) is 10.6 Å². The van der Waals surface area contributed by atoms with Crippen molar-refractivity contribution in [1.29, 1.82) is 0 Å². The van der Waals surface area contributed by atoms with Gasteiger partial charge in [-0.25, -0.2) is 0 Å². The number of thiophene rings is 1. The first-order valence-corrected chi connectivity index (χ1v) is 6.56. The molecular formula is C12H18N2OS. The van der Waals surface area contributed by atoms with Gasteiger partial charge in [-0.1, -0.05) is 6.92 Å². The number of carbonyl (C=O) groups is 1. The van der Waals surface area contributed by atoms with E-state index in [9.17, 15) is 4.79 Å². The Hall–Kier alpha value is -0.870. The Kier molecular flexibility index (Phi) is 3.30. The lowest BCUT2D eigenvalue weighted by atomic mass is 10.0. The van der Waals surface area contributed by atoms with Crippen LogP contribution in [0.1, 0.15) is 34.8 Å². The Morgan fingerprint density at radius 2 is 2.44 bits per heavy atom. The molecule has 1 aromatic heterocycles. The molecule has 0 aromatic carbocycles. The van der Waals surface area contributed by atoms with Gasteiger partial charge in [-0.2, -0.15) is 0 Å². The standard InChI is InChI=1S/C12H18N2OS/c1-3-9-4-5-10(16-9)11(15)14-12(2)6-7-13-8-12/h4-5,13H,3,6-8H2,1-2H3,(H,14,15). The molecule has 1 fully saturated rings. The molecule has 88 valence electrons. The molecule has 16 heavy (non-hydrogen) atoms. The zero-order chi connectivity index (χ0) is 11.6. The van der Waals surface area contributed by atoms with E-state index in [1.807, 2.05) is 12.1 Å². The van der Waals surface area contributed by atoms with E-state index in [0.29, 0.717) is 0 Å². The molecule has 1 saturated heterocycles. The third-order valence-corrected chi connectivity index (χ3v) is 4.25. The van der Waals surface area contributed by atoms with Crippen molar-refractivity contribution >= 4 is 17.2 Å². The van der Waals surface area contributed by atoms with E-state index in [2.05, 4.69) is 24.5 Å². The number of aryl methyl sites for hydroxylation is 1. The fraction of sp³-hybridized carbons (Fsp3) is 0.583. The molecule has 2 rings (SSSR count). The quantitative estimate of drug-likeness (QED) is 0.843. The molecule has 1 aromatic rings. The average Bonchev–Trinajstić information content (AvgIpc) is 2.86. The Morgan fingerprint density at radius 3 is 3.00 bits per heavy atom. The number of carbonyl (C=O) groups excluding carboxylic acids is 1. The van der Waals surface area contributed by atoms with Gasteiger partial charge in [0.15, 0.2) is 0 Å². The Bertz CT molecular complexity index is 380. The van der Waals surface area contributed by atoms with Gasteiger partial charge in [0.05, 0.1) is 10.4 Å². The summed E-state index contributed by atoms with van der Waals surface area (Å²) >= 11 is 1.59. The second-order valence-corrected chi connectivity index (χ2v) is 5.73. The highest BCUT2D eigenvalue weighted by Gasteiger charge is 2.30. The maximum atomic E-state index is 12.0. The lowest BCUT2D eigenvalue weighted by Gasteiger charge is -2.23. The maximum absolute atomic E-state index is 12.0. The van der Waals surface area contributed by atoms with Crippen molar-refractivity contribution in [3.63, 3.8) is 0 Å². The van der Waals surface area contributed by atoms with Crippen LogP contribution in [0.2, 0.25) is 0 Å². The average molecular weight is 238 g/mol.